The van der Waals surface area contributed by atoms with Crippen LogP contribution in [0.5, 0.6) is 0 Å². The second kappa shape index (κ2) is 4.93. The Bertz CT molecular complexity index is 378. The molecule has 1 aromatic carbocycles. The summed E-state index contributed by atoms with van der Waals surface area (Å²) in [5, 5.41) is 3.96. The van der Waals surface area contributed by atoms with Crippen molar-refractivity contribution in [2.45, 2.75) is 26.3 Å². The summed E-state index contributed by atoms with van der Waals surface area (Å²) < 4.78 is 5.15. The van der Waals surface area contributed by atoms with E-state index in [0.717, 1.165) is 11.3 Å². The molecule has 0 radical (unpaired) electrons. The quantitative estimate of drug-likeness (QED) is 0.798. The van der Waals surface area contributed by atoms with Crippen LogP contribution in [-0.2, 0) is 4.74 Å². The number of hydrogen-bond donors (Lipinski definition) is 2. The Kier molecular flexibility index (Phi) is 4.05. The summed E-state index contributed by atoms with van der Waals surface area (Å²) >= 11 is 6.00. The van der Waals surface area contributed by atoms with Crippen molar-refractivity contribution in [3.8, 4) is 0 Å². The SMILES string of the molecule is COCC(C)(C)Nc1cc(Cl)c(N)cc1C. The summed E-state index contributed by atoms with van der Waals surface area (Å²) in [6.07, 6.45) is 0. The smallest absolute Gasteiger partial charge is 0.0687 e. The number of rotatable bonds is 4. The number of nitrogens with two attached hydrogens (primary N) is 1. The predicted octanol–water partition coefficient (Wildman–Crippen LogP) is 3.07. The lowest BCUT2D eigenvalue weighted by molar-refractivity contribution is 0.158. The van der Waals surface area contributed by atoms with Gasteiger partial charge >= 0.3 is 0 Å². The molecule has 16 heavy (non-hydrogen) atoms. The topological polar surface area (TPSA) is 47.3 Å². The van der Waals surface area contributed by atoms with Crippen LogP contribution in [0, 0.1) is 6.92 Å². The summed E-state index contributed by atoms with van der Waals surface area (Å²) in [5.74, 6) is 0. The normalized spacial score (nSPS) is 11.6. The Hall–Kier alpha value is -0.930. The summed E-state index contributed by atoms with van der Waals surface area (Å²) in [5.41, 5.74) is 8.26. The highest BCUT2D eigenvalue weighted by Gasteiger charge is 2.18. The maximum Gasteiger partial charge on any atom is 0.0687 e. The number of benzene rings is 1. The molecule has 0 unspecified atom stereocenters. The van der Waals surface area contributed by atoms with Crippen LogP contribution in [0.4, 0.5) is 11.4 Å². The van der Waals surface area contributed by atoms with Gasteiger partial charge in [0.1, 0.15) is 0 Å². The van der Waals surface area contributed by atoms with Crippen LogP contribution in [0.3, 0.4) is 0 Å². The minimum atomic E-state index is -0.140. The van der Waals surface area contributed by atoms with E-state index in [1.807, 2.05) is 19.1 Å². The zero-order chi connectivity index (χ0) is 12.3. The van der Waals surface area contributed by atoms with Gasteiger partial charge in [-0.2, -0.15) is 0 Å². The third-order valence-corrected chi connectivity index (χ3v) is 2.65. The monoisotopic (exact) mass is 242 g/mol. The Morgan fingerprint density at radius 2 is 2.06 bits per heavy atom. The van der Waals surface area contributed by atoms with E-state index >= 15 is 0 Å². The molecule has 90 valence electrons. The molecule has 0 aliphatic rings. The van der Waals surface area contributed by atoms with Crippen molar-refractivity contribution in [1.82, 2.24) is 0 Å². The minimum Gasteiger partial charge on any atom is -0.398 e. The summed E-state index contributed by atoms with van der Waals surface area (Å²) in [6.45, 7) is 6.76. The number of methoxy groups -OCH3 is 1. The van der Waals surface area contributed by atoms with E-state index in [9.17, 15) is 0 Å². The molecule has 4 heteroatoms. The summed E-state index contributed by atoms with van der Waals surface area (Å²) in [4.78, 5) is 0. The van der Waals surface area contributed by atoms with Gasteiger partial charge in [0, 0.05) is 12.8 Å². The molecule has 1 rings (SSSR count). The molecule has 0 amide bonds. The van der Waals surface area contributed by atoms with Crippen molar-refractivity contribution >= 4 is 23.0 Å². The van der Waals surface area contributed by atoms with E-state index in [-0.39, 0.29) is 5.54 Å². The van der Waals surface area contributed by atoms with E-state index < -0.39 is 0 Å². The first-order chi connectivity index (χ1) is 7.35. The van der Waals surface area contributed by atoms with E-state index in [1.54, 1.807) is 7.11 Å². The van der Waals surface area contributed by atoms with Crippen LogP contribution >= 0.6 is 11.6 Å². The number of nitrogens with one attached hydrogen (secondary N) is 1. The third kappa shape index (κ3) is 3.29. The van der Waals surface area contributed by atoms with Gasteiger partial charge < -0.3 is 15.8 Å². The number of hydrogen-bond acceptors (Lipinski definition) is 3. The van der Waals surface area contributed by atoms with E-state index in [0.29, 0.717) is 17.3 Å². The number of halogens is 1. The van der Waals surface area contributed by atoms with Gasteiger partial charge in [0.15, 0.2) is 0 Å². The first kappa shape index (κ1) is 13.1. The van der Waals surface area contributed by atoms with Crippen LogP contribution < -0.4 is 11.1 Å². The molecule has 0 aliphatic heterocycles. The van der Waals surface area contributed by atoms with E-state index in [1.165, 1.54) is 0 Å². The van der Waals surface area contributed by atoms with Crippen molar-refractivity contribution < 1.29 is 4.74 Å². The van der Waals surface area contributed by atoms with Crippen LogP contribution in [0.1, 0.15) is 19.4 Å². The second-order valence-electron chi connectivity index (χ2n) is 4.63. The molecular formula is C12H19ClN2O. The average molecular weight is 243 g/mol. The van der Waals surface area contributed by atoms with Gasteiger partial charge in [-0.1, -0.05) is 11.6 Å². The average Bonchev–Trinajstić information content (AvgIpc) is 2.13. The molecular weight excluding hydrogens is 224 g/mol. The van der Waals surface area contributed by atoms with Gasteiger partial charge in [0.2, 0.25) is 0 Å². The van der Waals surface area contributed by atoms with Crippen LogP contribution in [0.2, 0.25) is 5.02 Å². The maximum atomic E-state index is 6.00. The van der Waals surface area contributed by atoms with Crippen molar-refractivity contribution in [1.29, 1.82) is 0 Å². The van der Waals surface area contributed by atoms with Gasteiger partial charge in [0.25, 0.3) is 0 Å². The molecule has 0 aromatic heterocycles. The molecule has 0 spiro atoms. The molecule has 1 aromatic rings. The standard InChI is InChI=1S/C12H19ClN2O/c1-8-5-10(14)9(13)6-11(8)15-12(2,3)7-16-4/h5-6,15H,7,14H2,1-4H3. The molecule has 0 fully saturated rings. The summed E-state index contributed by atoms with van der Waals surface area (Å²) in [6, 6.07) is 3.72. The second-order valence-corrected chi connectivity index (χ2v) is 5.04. The zero-order valence-electron chi connectivity index (χ0n) is 10.2. The zero-order valence-corrected chi connectivity index (χ0v) is 11.0. The Labute approximate surface area is 102 Å². The first-order valence-electron chi connectivity index (χ1n) is 5.18. The number of anilines is 2. The molecule has 0 atom stereocenters. The highest BCUT2D eigenvalue weighted by molar-refractivity contribution is 6.33. The molecule has 3 nitrogen and oxygen atoms in total. The van der Waals surface area contributed by atoms with Gasteiger partial charge in [-0.25, -0.2) is 0 Å². The molecule has 0 heterocycles. The minimum absolute atomic E-state index is 0.140. The van der Waals surface area contributed by atoms with Gasteiger partial charge in [-0.15, -0.1) is 0 Å². The lowest BCUT2D eigenvalue weighted by Gasteiger charge is -2.27. The largest absolute Gasteiger partial charge is 0.398 e. The lowest BCUT2D eigenvalue weighted by Crippen LogP contribution is -2.36. The third-order valence-electron chi connectivity index (χ3n) is 2.32. The van der Waals surface area contributed by atoms with E-state index in [4.69, 9.17) is 22.1 Å². The fourth-order valence-electron chi connectivity index (χ4n) is 1.60. The molecule has 0 aliphatic carbocycles. The van der Waals surface area contributed by atoms with Gasteiger partial charge in [-0.05, 0) is 38.5 Å². The highest BCUT2D eigenvalue weighted by Crippen LogP contribution is 2.28. The summed E-state index contributed by atoms with van der Waals surface area (Å²) in [7, 11) is 1.69. The molecule has 0 bridgehead atoms. The molecule has 3 N–H and O–H groups in total. The predicted molar refractivity (Wildman–Crippen MR) is 70.2 cm³/mol. The van der Waals surface area contributed by atoms with Crippen molar-refractivity contribution in [3.05, 3.63) is 22.7 Å². The lowest BCUT2D eigenvalue weighted by atomic mass is 10.0. The van der Waals surface area contributed by atoms with Crippen molar-refractivity contribution in [3.63, 3.8) is 0 Å². The molecule has 0 saturated carbocycles. The Morgan fingerprint density at radius 1 is 1.44 bits per heavy atom. The van der Waals surface area contributed by atoms with Crippen molar-refractivity contribution in [2.75, 3.05) is 24.8 Å². The number of aryl methyl sites for hydroxylation is 1. The fourth-order valence-corrected chi connectivity index (χ4v) is 1.76. The van der Waals surface area contributed by atoms with Crippen LogP contribution in [-0.4, -0.2) is 19.3 Å². The van der Waals surface area contributed by atoms with E-state index in [2.05, 4.69) is 19.2 Å². The van der Waals surface area contributed by atoms with Gasteiger partial charge in [-0.3, -0.25) is 0 Å². The fraction of sp³-hybridized carbons (Fsp3) is 0.500. The van der Waals surface area contributed by atoms with Crippen molar-refractivity contribution in [2.24, 2.45) is 0 Å². The first-order valence-corrected chi connectivity index (χ1v) is 5.56. The van der Waals surface area contributed by atoms with Crippen LogP contribution in [0.25, 0.3) is 0 Å². The Morgan fingerprint density at radius 3 is 2.62 bits per heavy atom. The number of nitrogen functional groups attached to an aromatic ring is 1. The van der Waals surface area contributed by atoms with Gasteiger partial charge in [0.05, 0.1) is 22.9 Å². The molecule has 0 saturated heterocycles. The number of ether oxygens (including phenoxy) is 1. The van der Waals surface area contributed by atoms with Crippen LogP contribution in [0.15, 0.2) is 12.1 Å². The maximum absolute atomic E-state index is 6.00. The Balaban J connectivity index is 2.93. The highest BCUT2D eigenvalue weighted by atomic mass is 35.5.